The van der Waals surface area contributed by atoms with Crippen LogP contribution in [0.1, 0.15) is 23.0 Å². The highest BCUT2D eigenvalue weighted by Gasteiger charge is 2.13. The molecule has 0 fully saturated rings. The molecule has 5 nitrogen and oxygen atoms in total. The summed E-state index contributed by atoms with van der Waals surface area (Å²) in [5.41, 5.74) is 1.88. The van der Waals surface area contributed by atoms with E-state index in [9.17, 15) is 4.79 Å². The lowest BCUT2D eigenvalue weighted by Gasteiger charge is -2.03. The van der Waals surface area contributed by atoms with Gasteiger partial charge in [-0.2, -0.15) is 0 Å². The number of aryl methyl sites for hydroxylation is 1. The van der Waals surface area contributed by atoms with Crippen LogP contribution >= 0.6 is 11.6 Å². The molecule has 0 radical (unpaired) electrons. The highest BCUT2D eigenvalue weighted by molar-refractivity contribution is 6.32. The molecular formula is C12H12ClN3O2. The van der Waals surface area contributed by atoms with Crippen molar-refractivity contribution in [2.45, 2.75) is 13.8 Å². The number of carbonyl (C=O) groups excluding carboxylic acids is 1. The Balaban J connectivity index is 2.32. The molecule has 94 valence electrons. The van der Waals surface area contributed by atoms with Crippen molar-refractivity contribution in [2.75, 3.05) is 6.61 Å². The molecule has 0 spiro atoms. The molecule has 2 aromatic rings. The van der Waals surface area contributed by atoms with Crippen molar-refractivity contribution in [3.8, 4) is 5.69 Å². The van der Waals surface area contributed by atoms with Crippen LogP contribution in [0.25, 0.3) is 5.69 Å². The van der Waals surface area contributed by atoms with Crippen LogP contribution in [-0.2, 0) is 4.74 Å². The van der Waals surface area contributed by atoms with E-state index >= 15 is 0 Å². The molecule has 1 aromatic carbocycles. The molecule has 0 amide bonds. The lowest BCUT2D eigenvalue weighted by Crippen LogP contribution is -2.04. The van der Waals surface area contributed by atoms with E-state index in [0.29, 0.717) is 17.3 Å². The van der Waals surface area contributed by atoms with Crippen molar-refractivity contribution in [2.24, 2.45) is 0 Å². The summed E-state index contributed by atoms with van der Waals surface area (Å²) in [7, 11) is 0. The summed E-state index contributed by atoms with van der Waals surface area (Å²) in [5, 5.41) is 8.17. The van der Waals surface area contributed by atoms with Gasteiger partial charge < -0.3 is 4.74 Å². The fourth-order valence-corrected chi connectivity index (χ4v) is 1.80. The number of halogens is 1. The second-order valence-electron chi connectivity index (χ2n) is 3.72. The van der Waals surface area contributed by atoms with Crippen molar-refractivity contribution in [1.82, 2.24) is 15.0 Å². The van der Waals surface area contributed by atoms with Gasteiger partial charge in [-0.25, -0.2) is 9.48 Å². The van der Waals surface area contributed by atoms with Gasteiger partial charge in [0, 0.05) is 0 Å². The average molecular weight is 266 g/mol. The van der Waals surface area contributed by atoms with Gasteiger partial charge in [0.05, 0.1) is 23.5 Å². The van der Waals surface area contributed by atoms with Gasteiger partial charge in [-0.15, -0.1) is 5.10 Å². The van der Waals surface area contributed by atoms with Crippen LogP contribution in [0.15, 0.2) is 24.4 Å². The minimum Gasteiger partial charge on any atom is -0.461 e. The fourth-order valence-electron chi connectivity index (χ4n) is 1.48. The molecule has 0 bridgehead atoms. The number of carbonyl (C=O) groups is 1. The number of nitrogens with zero attached hydrogens (tertiary/aromatic N) is 3. The first kappa shape index (κ1) is 12.6. The van der Waals surface area contributed by atoms with Crippen LogP contribution in [0.3, 0.4) is 0 Å². The summed E-state index contributed by atoms with van der Waals surface area (Å²) in [4.78, 5) is 11.5. The Morgan fingerprint density at radius 1 is 1.50 bits per heavy atom. The number of hydrogen-bond donors (Lipinski definition) is 0. The predicted octanol–water partition coefficient (Wildman–Crippen LogP) is 2.41. The van der Waals surface area contributed by atoms with Crippen molar-refractivity contribution in [1.29, 1.82) is 0 Å². The number of ether oxygens (including phenoxy) is 1. The van der Waals surface area contributed by atoms with Crippen LogP contribution in [0.2, 0.25) is 5.02 Å². The molecule has 18 heavy (non-hydrogen) atoms. The molecule has 0 aliphatic heterocycles. The molecule has 0 aliphatic rings. The first-order chi connectivity index (χ1) is 8.61. The lowest BCUT2D eigenvalue weighted by molar-refractivity contribution is 0.0519. The number of aromatic nitrogens is 3. The third kappa shape index (κ3) is 2.51. The largest absolute Gasteiger partial charge is 0.461 e. The molecule has 0 N–H and O–H groups in total. The monoisotopic (exact) mass is 265 g/mol. The van der Waals surface area contributed by atoms with Crippen molar-refractivity contribution < 1.29 is 9.53 Å². The number of rotatable bonds is 3. The van der Waals surface area contributed by atoms with E-state index in [1.54, 1.807) is 6.92 Å². The smallest absolute Gasteiger partial charge is 0.360 e. The number of esters is 1. The predicted molar refractivity (Wildman–Crippen MR) is 67.1 cm³/mol. The minimum absolute atomic E-state index is 0.161. The quantitative estimate of drug-likeness (QED) is 0.800. The van der Waals surface area contributed by atoms with Gasteiger partial charge in [0.2, 0.25) is 0 Å². The van der Waals surface area contributed by atoms with Crippen molar-refractivity contribution in [3.05, 3.63) is 40.7 Å². The van der Waals surface area contributed by atoms with Gasteiger partial charge in [-0.05, 0) is 31.5 Å². The third-order valence-corrected chi connectivity index (χ3v) is 2.63. The van der Waals surface area contributed by atoms with Gasteiger partial charge in [0.15, 0.2) is 5.69 Å². The summed E-state index contributed by atoms with van der Waals surface area (Å²) >= 11 is 6.11. The summed E-state index contributed by atoms with van der Waals surface area (Å²) in [6.45, 7) is 3.98. The topological polar surface area (TPSA) is 57.0 Å². The second kappa shape index (κ2) is 5.18. The second-order valence-corrected chi connectivity index (χ2v) is 4.13. The lowest BCUT2D eigenvalue weighted by atomic mass is 10.2. The van der Waals surface area contributed by atoms with Gasteiger partial charge in [0.25, 0.3) is 0 Å². The molecule has 2 rings (SSSR count). The zero-order valence-electron chi connectivity index (χ0n) is 10.1. The Morgan fingerprint density at radius 2 is 2.28 bits per heavy atom. The van der Waals surface area contributed by atoms with Crippen LogP contribution in [0.5, 0.6) is 0 Å². The Hall–Kier alpha value is -1.88. The Bertz CT molecular complexity index is 580. The van der Waals surface area contributed by atoms with E-state index in [1.165, 1.54) is 10.9 Å². The molecule has 0 saturated heterocycles. The van der Waals surface area contributed by atoms with Crippen molar-refractivity contribution in [3.63, 3.8) is 0 Å². The van der Waals surface area contributed by atoms with E-state index in [2.05, 4.69) is 10.3 Å². The van der Waals surface area contributed by atoms with Gasteiger partial charge >= 0.3 is 5.97 Å². The summed E-state index contributed by atoms with van der Waals surface area (Å²) in [6.07, 6.45) is 1.49. The van der Waals surface area contributed by atoms with Crippen LogP contribution in [-0.4, -0.2) is 27.6 Å². The Labute approximate surface area is 109 Å². The van der Waals surface area contributed by atoms with E-state index < -0.39 is 5.97 Å². The summed E-state index contributed by atoms with van der Waals surface area (Å²) in [5.74, 6) is -0.494. The number of hydrogen-bond acceptors (Lipinski definition) is 4. The fraction of sp³-hybridized carbons (Fsp3) is 0.250. The molecule has 0 saturated carbocycles. The SMILES string of the molecule is CCOC(=O)c1cn(-c2ccc(C)cc2Cl)nn1. The molecule has 0 aliphatic carbocycles. The Kier molecular flexibility index (Phi) is 3.62. The van der Waals surface area contributed by atoms with E-state index in [-0.39, 0.29) is 5.69 Å². The van der Waals surface area contributed by atoms with Gasteiger partial charge in [-0.3, -0.25) is 0 Å². The average Bonchev–Trinajstić information content (AvgIpc) is 2.78. The third-order valence-electron chi connectivity index (χ3n) is 2.33. The maximum Gasteiger partial charge on any atom is 0.360 e. The number of benzene rings is 1. The minimum atomic E-state index is -0.494. The first-order valence-corrected chi connectivity index (χ1v) is 5.85. The maximum absolute atomic E-state index is 11.5. The van der Waals surface area contributed by atoms with E-state index in [1.807, 2.05) is 25.1 Å². The van der Waals surface area contributed by atoms with E-state index in [0.717, 1.165) is 5.56 Å². The molecule has 1 heterocycles. The Morgan fingerprint density at radius 3 is 2.94 bits per heavy atom. The van der Waals surface area contributed by atoms with Gasteiger partial charge in [-0.1, -0.05) is 22.9 Å². The molecular weight excluding hydrogens is 254 g/mol. The summed E-state index contributed by atoms with van der Waals surface area (Å²) in [6, 6.07) is 5.55. The highest BCUT2D eigenvalue weighted by Crippen LogP contribution is 2.21. The molecule has 0 atom stereocenters. The van der Waals surface area contributed by atoms with E-state index in [4.69, 9.17) is 16.3 Å². The molecule has 6 heteroatoms. The first-order valence-electron chi connectivity index (χ1n) is 5.48. The van der Waals surface area contributed by atoms with Crippen LogP contribution in [0.4, 0.5) is 0 Å². The van der Waals surface area contributed by atoms with Crippen molar-refractivity contribution >= 4 is 17.6 Å². The standard InChI is InChI=1S/C12H12ClN3O2/c1-3-18-12(17)10-7-16(15-14-10)11-5-4-8(2)6-9(11)13/h4-7H,3H2,1-2H3. The molecule has 0 unspecified atom stereocenters. The zero-order chi connectivity index (χ0) is 13.1. The van der Waals surface area contributed by atoms with Gasteiger partial charge in [0.1, 0.15) is 0 Å². The maximum atomic E-state index is 11.5. The zero-order valence-corrected chi connectivity index (χ0v) is 10.8. The highest BCUT2D eigenvalue weighted by atomic mass is 35.5. The normalized spacial score (nSPS) is 10.4. The van der Waals surface area contributed by atoms with Crippen LogP contribution < -0.4 is 0 Å². The summed E-state index contributed by atoms with van der Waals surface area (Å²) < 4.78 is 6.29. The molecule has 1 aromatic heterocycles. The van der Waals surface area contributed by atoms with Crippen LogP contribution in [0, 0.1) is 6.92 Å².